The summed E-state index contributed by atoms with van der Waals surface area (Å²) in [6.45, 7) is -0.540. The molecule has 0 aliphatic heterocycles. The SMILES string of the molecule is O=C(O)CNC(=O)NC(=O)CCl. The molecular weight excluding hydrogens is 188 g/mol. The summed E-state index contributed by atoms with van der Waals surface area (Å²) in [4.78, 5) is 30.9. The van der Waals surface area contributed by atoms with Crippen molar-refractivity contribution in [3.63, 3.8) is 0 Å². The molecule has 0 saturated carbocycles. The largest absolute Gasteiger partial charge is 0.480 e. The van der Waals surface area contributed by atoms with Gasteiger partial charge in [0.2, 0.25) is 5.91 Å². The van der Waals surface area contributed by atoms with E-state index in [1.165, 1.54) is 0 Å². The van der Waals surface area contributed by atoms with Crippen molar-refractivity contribution in [2.24, 2.45) is 0 Å². The molecule has 0 heterocycles. The Labute approximate surface area is 72.9 Å². The van der Waals surface area contributed by atoms with Crippen LogP contribution in [-0.4, -0.2) is 35.4 Å². The van der Waals surface area contributed by atoms with E-state index in [0.29, 0.717) is 0 Å². The quantitative estimate of drug-likeness (QED) is 0.509. The fraction of sp³-hybridized carbons (Fsp3) is 0.400. The molecule has 0 aromatic carbocycles. The second-order valence-electron chi connectivity index (χ2n) is 1.76. The molecule has 0 saturated heterocycles. The second-order valence-corrected chi connectivity index (χ2v) is 2.03. The van der Waals surface area contributed by atoms with Crippen LogP contribution < -0.4 is 10.6 Å². The van der Waals surface area contributed by atoms with Crippen molar-refractivity contribution in [1.82, 2.24) is 10.6 Å². The molecule has 0 unspecified atom stereocenters. The smallest absolute Gasteiger partial charge is 0.323 e. The van der Waals surface area contributed by atoms with Crippen LogP contribution >= 0.6 is 11.6 Å². The highest BCUT2D eigenvalue weighted by Gasteiger charge is 2.06. The molecule has 3 amide bonds. The summed E-state index contributed by atoms with van der Waals surface area (Å²) in [5.74, 6) is -2.22. The molecule has 0 fully saturated rings. The maximum atomic E-state index is 10.6. The zero-order valence-electron chi connectivity index (χ0n) is 5.96. The summed E-state index contributed by atoms with van der Waals surface area (Å²) in [5, 5.41) is 11.8. The Hall–Kier alpha value is -1.30. The number of carboxylic acids is 1. The van der Waals surface area contributed by atoms with Crippen molar-refractivity contribution in [3.05, 3.63) is 0 Å². The van der Waals surface area contributed by atoms with Crippen LogP contribution in [0.15, 0.2) is 0 Å². The third-order valence-corrected chi connectivity index (χ3v) is 1.02. The van der Waals surface area contributed by atoms with E-state index >= 15 is 0 Å². The number of aliphatic carboxylic acids is 1. The third-order valence-electron chi connectivity index (χ3n) is 0.774. The van der Waals surface area contributed by atoms with E-state index in [2.05, 4.69) is 0 Å². The number of imide groups is 1. The Kier molecular flexibility index (Phi) is 4.78. The Morgan fingerprint density at radius 3 is 2.33 bits per heavy atom. The van der Waals surface area contributed by atoms with E-state index in [1.54, 1.807) is 5.32 Å². The van der Waals surface area contributed by atoms with Gasteiger partial charge < -0.3 is 10.4 Å². The first-order chi connectivity index (χ1) is 5.56. The Morgan fingerprint density at radius 1 is 1.33 bits per heavy atom. The zero-order valence-corrected chi connectivity index (χ0v) is 6.72. The molecule has 6 nitrogen and oxygen atoms in total. The molecule has 0 aromatic heterocycles. The molecule has 7 heteroatoms. The Bertz CT molecular complexity index is 206. The number of nitrogens with one attached hydrogen (secondary N) is 2. The lowest BCUT2D eigenvalue weighted by molar-refractivity contribution is -0.135. The van der Waals surface area contributed by atoms with E-state index in [4.69, 9.17) is 16.7 Å². The van der Waals surface area contributed by atoms with Gasteiger partial charge in [-0.1, -0.05) is 0 Å². The topological polar surface area (TPSA) is 95.5 Å². The summed E-state index contributed by atoms with van der Waals surface area (Å²) in [7, 11) is 0. The first-order valence-electron chi connectivity index (χ1n) is 2.91. The van der Waals surface area contributed by atoms with Crippen LogP contribution in [0.25, 0.3) is 0 Å². The molecule has 0 rings (SSSR count). The number of rotatable bonds is 3. The summed E-state index contributed by atoms with van der Waals surface area (Å²) >= 11 is 5.05. The molecule has 0 bridgehead atoms. The summed E-state index contributed by atoms with van der Waals surface area (Å²) in [6, 6.07) is -0.872. The van der Waals surface area contributed by atoms with Gasteiger partial charge in [0.1, 0.15) is 12.4 Å². The Morgan fingerprint density at radius 2 is 1.92 bits per heavy atom. The van der Waals surface area contributed by atoms with Crippen LogP contribution in [0.3, 0.4) is 0 Å². The van der Waals surface area contributed by atoms with Crippen LogP contribution in [0, 0.1) is 0 Å². The number of hydrogen-bond acceptors (Lipinski definition) is 3. The molecule has 3 N–H and O–H groups in total. The molecule has 0 spiro atoms. The van der Waals surface area contributed by atoms with Gasteiger partial charge in [-0.15, -0.1) is 11.6 Å². The molecule has 0 atom stereocenters. The van der Waals surface area contributed by atoms with Crippen molar-refractivity contribution >= 4 is 29.5 Å². The van der Waals surface area contributed by atoms with Crippen molar-refractivity contribution in [2.75, 3.05) is 12.4 Å². The lowest BCUT2D eigenvalue weighted by atomic mass is 10.6. The van der Waals surface area contributed by atoms with Crippen LogP contribution in [0.4, 0.5) is 4.79 Å². The van der Waals surface area contributed by atoms with Crippen LogP contribution in [-0.2, 0) is 9.59 Å². The van der Waals surface area contributed by atoms with E-state index in [9.17, 15) is 14.4 Å². The average molecular weight is 195 g/mol. The van der Waals surface area contributed by atoms with Crippen molar-refractivity contribution in [2.45, 2.75) is 0 Å². The molecule has 0 radical (unpaired) electrons. The minimum atomic E-state index is -1.19. The standard InChI is InChI=1S/C5H7ClN2O4/c6-1-3(9)8-5(12)7-2-4(10)11/h1-2H2,(H,10,11)(H2,7,8,9,12). The lowest BCUT2D eigenvalue weighted by Crippen LogP contribution is -2.42. The number of amides is 3. The first-order valence-corrected chi connectivity index (χ1v) is 3.45. The van der Waals surface area contributed by atoms with E-state index in [-0.39, 0.29) is 5.88 Å². The number of alkyl halides is 1. The maximum absolute atomic E-state index is 10.6. The lowest BCUT2D eigenvalue weighted by Gasteiger charge is -2.01. The number of hydrogen-bond donors (Lipinski definition) is 3. The van der Waals surface area contributed by atoms with Gasteiger partial charge in [0, 0.05) is 0 Å². The normalized spacial score (nSPS) is 8.75. The van der Waals surface area contributed by atoms with Crippen molar-refractivity contribution in [1.29, 1.82) is 0 Å². The van der Waals surface area contributed by atoms with Crippen LogP contribution in [0.5, 0.6) is 0 Å². The predicted octanol–water partition coefficient (Wildman–Crippen LogP) is -0.864. The number of halogens is 1. The summed E-state index contributed by atoms with van der Waals surface area (Å²) < 4.78 is 0. The second kappa shape index (κ2) is 5.36. The minimum absolute atomic E-state index is 0.347. The van der Waals surface area contributed by atoms with Gasteiger partial charge in [-0.05, 0) is 0 Å². The first kappa shape index (κ1) is 10.7. The van der Waals surface area contributed by atoms with Crippen LogP contribution in [0.2, 0.25) is 0 Å². The van der Waals surface area contributed by atoms with E-state index in [0.717, 1.165) is 0 Å². The van der Waals surface area contributed by atoms with E-state index in [1.807, 2.05) is 5.32 Å². The molecule has 0 aromatic rings. The highest BCUT2D eigenvalue weighted by atomic mass is 35.5. The fourth-order valence-electron chi connectivity index (χ4n) is 0.360. The summed E-state index contributed by atoms with van der Waals surface area (Å²) in [6.07, 6.45) is 0. The number of carbonyl (C=O) groups is 3. The molecule has 0 aliphatic carbocycles. The molecule has 0 aliphatic rings. The minimum Gasteiger partial charge on any atom is -0.480 e. The predicted molar refractivity (Wildman–Crippen MR) is 39.9 cm³/mol. The third kappa shape index (κ3) is 5.48. The number of carboxylic acid groups (broad SMARTS) is 1. The fourth-order valence-corrected chi connectivity index (χ4v) is 0.427. The highest BCUT2D eigenvalue weighted by Crippen LogP contribution is 1.74. The zero-order chi connectivity index (χ0) is 9.56. The molecule has 12 heavy (non-hydrogen) atoms. The van der Waals surface area contributed by atoms with Crippen molar-refractivity contribution in [3.8, 4) is 0 Å². The van der Waals surface area contributed by atoms with Crippen molar-refractivity contribution < 1.29 is 19.5 Å². The van der Waals surface area contributed by atoms with Gasteiger partial charge >= 0.3 is 12.0 Å². The monoisotopic (exact) mass is 194 g/mol. The van der Waals surface area contributed by atoms with Gasteiger partial charge in [0.05, 0.1) is 0 Å². The van der Waals surface area contributed by atoms with Gasteiger partial charge in [-0.25, -0.2) is 4.79 Å². The average Bonchev–Trinajstić information content (AvgIpc) is 2.00. The number of urea groups is 1. The Balaban J connectivity index is 3.60. The van der Waals surface area contributed by atoms with Gasteiger partial charge in [-0.3, -0.25) is 14.9 Å². The molecular formula is C5H7ClN2O4. The van der Waals surface area contributed by atoms with Gasteiger partial charge in [0.15, 0.2) is 0 Å². The van der Waals surface area contributed by atoms with E-state index < -0.39 is 24.5 Å². The van der Waals surface area contributed by atoms with Crippen LogP contribution in [0.1, 0.15) is 0 Å². The molecule has 68 valence electrons. The maximum Gasteiger partial charge on any atom is 0.323 e. The highest BCUT2D eigenvalue weighted by molar-refractivity contribution is 6.28. The van der Waals surface area contributed by atoms with Gasteiger partial charge in [0.25, 0.3) is 0 Å². The summed E-state index contributed by atoms with van der Waals surface area (Å²) in [5.41, 5.74) is 0. The number of carbonyl (C=O) groups excluding carboxylic acids is 2. The van der Waals surface area contributed by atoms with Gasteiger partial charge in [-0.2, -0.15) is 0 Å².